The number of benzene rings is 1. The number of nitrogens with zero attached hydrogens (tertiary/aromatic N) is 1. The summed E-state index contributed by atoms with van der Waals surface area (Å²) in [5, 5.41) is 5.28. The number of rotatable bonds is 5. The Bertz CT molecular complexity index is 615. The number of nitrogens with two attached hydrogens (primary N) is 1. The SMILES string of the molecule is CNC(=O)[C@@H]1C[C@@H](N)CN1C(=O)CCNC(=O)c1ccc(C)cc1. The molecule has 3 amide bonds. The van der Waals surface area contributed by atoms with Crippen molar-refractivity contribution in [1.82, 2.24) is 15.5 Å². The van der Waals surface area contributed by atoms with Crippen LogP contribution in [0.15, 0.2) is 24.3 Å². The van der Waals surface area contributed by atoms with Crippen LogP contribution in [0.3, 0.4) is 0 Å². The van der Waals surface area contributed by atoms with E-state index in [9.17, 15) is 14.4 Å². The summed E-state index contributed by atoms with van der Waals surface area (Å²) in [7, 11) is 1.54. The Morgan fingerprint density at radius 3 is 2.54 bits per heavy atom. The Kier molecular flexibility index (Phi) is 5.92. The zero-order valence-electron chi connectivity index (χ0n) is 14.0. The monoisotopic (exact) mass is 332 g/mol. The van der Waals surface area contributed by atoms with Crippen LogP contribution in [-0.4, -0.2) is 54.8 Å². The first kappa shape index (κ1) is 17.9. The number of nitrogens with one attached hydrogen (secondary N) is 2. The molecule has 0 aromatic heterocycles. The minimum Gasteiger partial charge on any atom is -0.357 e. The van der Waals surface area contributed by atoms with Crippen molar-refractivity contribution in [3.05, 3.63) is 35.4 Å². The van der Waals surface area contributed by atoms with Crippen molar-refractivity contribution in [3.8, 4) is 0 Å². The van der Waals surface area contributed by atoms with Gasteiger partial charge in [-0.25, -0.2) is 0 Å². The molecule has 1 aliphatic heterocycles. The molecule has 0 unspecified atom stereocenters. The molecule has 1 heterocycles. The van der Waals surface area contributed by atoms with E-state index < -0.39 is 6.04 Å². The Balaban J connectivity index is 1.85. The van der Waals surface area contributed by atoms with Gasteiger partial charge in [0, 0.05) is 38.2 Å². The van der Waals surface area contributed by atoms with Crippen LogP contribution in [0.4, 0.5) is 0 Å². The van der Waals surface area contributed by atoms with Crippen LogP contribution in [0.2, 0.25) is 0 Å². The van der Waals surface area contributed by atoms with E-state index in [-0.39, 0.29) is 36.7 Å². The highest BCUT2D eigenvalue weighted by Gasteiger charge is 2.37. The van der Waals surface area contributed by atoms with Gasteiger partial charge in [-0.1, -0.05) is 17.7 Å². The molecular formula is C17H24N4O3. The second-order valence-electron chi connectivity index (χ2n) is 6.04. The number of likely N-dealkylation sites (N-methyl/N-ethyl adjacent to an activating group) is 1. The van der Waals surface area contributed by atoms with E-state index in [1.165, 1.54) is 11.9 Å². The summed E-state index contributed by atoms with van der Waals surface area (Å²) >= 11 is 0. The highest BCUT2D eigenvalue weighted by molar-refractivity contribution is 5.94. The molecule has 1 saturated heterocycles. The van der Waals surface area contributed by atoms with Crippen molar-refractivity contribution in [3.63, 3.8) is 0 Å². The Hall–Kier alpha value is -2.41. The molecule has 7 nitrogen and oxygen atoms in total. The lowest BCUT2D eigenvalue weighted by atomic mass is 10.1. The molecule has 4 N–H and O–H groups in total. The molecule has 0 radical (unpaired) electrons. The Labute approximate surface area is 141 Å². The molecule has 1 fully saturated rings. The summed E-state index contributed by atoms with van der Waals surface area (Å²) in [5.74, 6) is -0.607. The van der Waals surface area contributed by atoms with Crippen LogP contribution in [-0.2, 0) is 9.59 Å². The topological polar surface area (TPSA) is 105 Å². The number of carbonyl (C=O) groups excluding carboxylic acids is 3. The van der Waals surface area contributed by atoms with Gasteiger partial charge in [-0.2, -0.15) is 0 Å². The molecule has 1 aromatic carbocycles. The van der Waals surface area contributed by atoms with Gasteiger partial charge in [0.25, 0.3) is 5.91 Å². The summed E-state index contributed by atoms with van der Waals surface area (Å²) in [4.78, 5) is 37.7. The van der Waals surface area contributed by atoms with Crippen molar-refractivity contribution >= 4 is 17.7 Å². The van der Waals surface area contributed by atoms with Crippen LogP contribution in [0.5, 0.6) is 0 Å². The highest BCUT2D eigenvalue weighted by atomic mass is 16.2. The molecule has 2 atom stereocenters. The van der Waals surface area contributed by atoms with Gasteiger partial charge in [0.2, 0.25) is 11.8 Å². The summed E-state index contributed by atoms with van der Waals surface area (Å²) < 4.78 is 0. The van der Waals surface area contributed by atoms with Crippen LogP contribution in [0.1, 0.15) is 28.8 Å². The first-order valence-corrected chi connectivity index (χ1v) is 8.04. The summed E-state index contributed by atoms with van der Waals surface area (Å²) in [6.45, 7) is 2.53. The molecule has 0 spiro atoms. The standard InChI is InChI=1S/C17H24N4O3/c1-11-3-5-12(6-4-11)16(23)20-8-7-15(22)21-10-13(18)9-14(21)17(24)19-2/h3-6,13-14H,7-10,18H2,1-2H3,(H,19,24)(H,20,23)/t13-,14+/m1/s1. The number of hydrogen-bond donors (Lipinski definition) is 3. The van der Waals surface area contributed by atoms with E-state index >= 15 is 0 Å². The molecule has 0 bridgehead atoms. The normalized spacial score (nSPS) is 19.9. The van der Waals surface area contributed by atoms with E-state index in [2.05, 4.69) is 10.6 Å². The van der Waals surface area contributed by atoms with Crippen molar-refractivity contribution in [2.75, 3.05) is 20.1 Å². The van der Waals surface area contributed by atoms with Gasteiger partial charge < -0.3 is 21.3 Å². The number of carbonyl (C=O) groups is 3. The molecular weight excluding hydrogens is 308 g/mol. The molecule has 0 saturated carbocycles. The molecule has 130 valence electrons. The van der Waals surface area contributed by atoms with Gasteiger partial charge in [0.15, 0.2) is 0 Å². The number of hydrogen-bond acceptors (Lipinski definition) is 4. The minimum atomic E-state index is -0.523. The lowest BCUT2D eigenvalue weighted by Crippen LogP contribution is -2.45. The van der Waals surface area contributed by atoms with Crippen LogP contribution < -0.4 is 16.4 Å². The first-order valence-electron chi connectivity index (χ1n) is 8.04. The maximum atomic E-state index is 12.3. The largest absolute Gasteiger partial charge is 0.357 e. The highest BCUT2D eigenvalue weighted by Crippen LogP contribution is 2.17. The lowest BCUT2D eigenvalue weighted by molar-refractivity contribution is -0.138. The van der Waals surface area contributed by atoms with E-state index in [4.69, 9.17) is 5.73 Å². The molecule has 24 heavy (non-hydrogen) atoms. The van der Waals surface area contributed by atoms with Gasteiger partial charge in [0.05, 0.1) is 0 Å². The zero-order valence-corrected chi connectivity index (χ0v) is 14.0. The average Bonchev–Trinajstić information content (AvgIpc) is 2.96. The van der Waals surface area contributed by atoms with E-state index in [1.807, 2.05) is 19.1 Å². The number of likely N-dealkylation sites (tertiary alicyclic amines) is 1. The van der Waals surface area contributed by atoms with Gasteiger partial charge in [-0.05, 0) is 25.5 Å². The molecule has 1 aliphatic rings. The van der Waals surface area contributed by atoms with Crippen LogP contribution >= 0.6 is 0 Å². The fourth-order valence-electron chi connectivity index (χ4n) is 2.79. The van der Waals surface area contributed by atoms with Gasteiger partial charge in [-0.3, -0.25) is 14.4 Å². The maximum Gasteiger partial charge on any atom is 0.251 e. The van der Waals surface area contributed by atoms with Gasteiger partial charge >= 0.3 is 0 Å². The number of aryl methyl sites for hydroxylation is 1. The maximum absolute atomic E-state index is 12.3. The zero-order chi connectivity index (χ0) is 17.7. The average molecular weight is 332 g/mol. The predicted molar refractivity (Wildman–Crippen MR) is 90.3 cm³/mol. The fraction of sp³-hybridized carbons (Fsp3) is 0.471. The van der Waals surface area contributed by atoms with Crippen molar-refractivity contribution in [2.45, 2.75) is 31.8 Å². The summed E-state index contributed by atoms with van der Waals surface area (Å²) in [5.41, 5.74) is 7.50. The van der Waals surface area contributed by atoms with Crippen molar-refractivity contribution in [1.29, 1.82) is 0 Å². The second kappa shape index (κ2) is 7.92. The lowest BCUT2D eigenvalue weighted by Gasteiger charge is -2.23. The Morgan fingerprint density at radius 1 is 1.25 bits per heavy atom. The van der Waals surface area contributed by atoms with E-state index in [0.29, 0.717) is 18.5 Å². The van der Waals surface area contributed by atoms with Crippen LogP contribution in [0, 0.1) is 6.92 Å². The van der Waals surface area contributed by atoms with Gasteiger partial charge in [0.1, 0.15) is 6.04 Å². The van der Waals surface area contributed by atoms with E-state index in [0.717, 1.165) is 5.56 Å². The third-order valence-corrected chi connectivity index (χ3v) is 4.14. The Morgan fingerprint density at radius 2 is 1.92 bits per heavy atom. The summed E-state index contributed by atoms with van der Waals surface area (Å²) in [6.07, 6.45) is 0.596. The van der Waals surface area contributed by atoms with Crippen molar-refractivity contribution in [2.24, 2.45) is 5.73 Å². The minimum absolute atomic E-state index is 0.137. The van der Waals surface area contributed by atoms with Crippen LogP contribution in [0.25, 0.3) is 0 Å². The molecule has 1 aromatic rings. The van der Waals surface area contributed by atoms with E-state index in [1.54, 1.807) is 12.1 Å². The predicted octanol–water partition coefficient (Wildman–Crippen LogP) is -0.211. The molecule has 7 heteroatoms. The molecule has 0 aliphatic carbocycles. The first-order chi connectivity index (χ1) is 11.4. The quantitative estimate of drug-likeness (QED) is 0.694. The van der Waals surface area contributed by atoms with Crippen molar-refractivity contribution < 1.29 is 14.4 Å². The molecule has 2 rings (SSSR count). The third kappa shape index (κ3) is 4.32. The second-order valence-corrected chi connectivity index (χ2v) is 6.04. The number of amides is 3. The van der Waals surface area contributed by atoms with Gasteiger partial charge in [-0.15, -0.1) is 0 Å². The smallest absolute Gasteiger partial charge is 0.251 e. The fourth-order valence-corrected chi connectivity index (χ4v) is 2.79. The summed E-state index contributed by atoms with van der Waals surface area (Å²) in [6, 6.07) is 6.49. The third-order valence-electron chi connectivity index (χ3n) is 4.14.